The van der Waals surface area contributed by atoms with Crippen LogP contribution in [0.15, 0.2) is 12.6 Å². The van der Waals surface area contributed by atoms with E-state index in [1.807, 2.05) is 6.07 Å². The van der Waals surface area contributed by atoms with Crippen molar-refractivity contribution in [2.45, 2.75) is 38.3 Å². The Balaban J connectivity index is 2.00. The van der Waals surface area contributed by atoms with Gasteiger partial charge in [-0.2, -0.15) is 0 Å². The molecule has 1 aliphatic rings. The standard InChI is InChI=1S/C13H17BrN2O/c1-9(14)12-6-11(16-13(12)8-17)7-15-10-4-2-3-5-10/h6,8,10,15-16H,1-5,7H2. The number of aromatic amines is 1. The minimum atomic E-state index is 0.593. The number of hydrogen-bond donors (Lipinski definition) is 2. The van der Waals surface area contributed by atoms with Gasteiger partial charge in [0.25, 0.3) is 0 Å². The molecule has 0 atom stereocenters. The van der Waals surface area contributed by atoms with Crippen molar-refractivity contribution in [2.24, 2.45) is 0 Å². The van der Waals surface area contributed by atoms with Crippen LogP contribution in [0.25, 0.3) is 4.48 Å². The van der Waals surface area contributed by atoms with Gasteiger partial charge in [0.2, 0.25) is 0 Å². The molecule has 1 fully saturated rings. The summed E-state index contributed by atoms with van der Waals surface area (Å²) in [7, 11) is 0. The van der Waals surface area contributed by atoms with Crippen molar-refractivity contribution in [2.75, 3.05) is 0 Å². The molecule has 1 heterocycles. The number of H-pyrrole nitrogens is 1. The Labute approximate surface area is 110 Å². The Bertz CT molecular complexity index is 419. The molecule has 0 amide bonds. The molecule has 1 aliphatic carbocycles. The molecule has 92 valence electrons. The van der Waals surface area contributed by atoms with Crippen LogP contribution in [0.4, 0.5) is 0 Å². The van der Waals surface area contributed by atoms with Crippen LogP contribution < -0.4 is 5.32 Å². The van der Waals surface area contributed by atoms with Gasteiger partial charge < -0.3 is 10.3 Å². The fourth-order valence-electron chi connectivity index (χ4n) is 2.33. The Hall–Kier alpha value is -0.870. The summed E-state index contributed by atoms with van der Waals surface area (Å²) in [6, 6.07) is 2.61. The van der Waals surface area contributed by atoms with Gasteiger partial charge >= 0.3 is 0 Å². The predicted molar refractivity (Wildman–Crippen MR) is 73.2 cm³/mol. The zero-order valence-electron chi connectivity index (χ0n) is 9.76. The van der Waals surface area contributed by atoms with E-state index in [1.54, 1.807) is 0 Å². The van der Waals surface area contributed by atoms with Gasteiger partial charge in [0.15, 0.2) is 6.29 Å². The predicted octanol–water partition coefficient (Wildman–Crippen LogP) is 3.23. The lowest BCUT2D eigenvalue weighted by atomic mass is 10.2. The van der Waals surface area contributed by atoms with Gasteiger partial charge in [-0.1, -0.05) is 35.4 Å². The summed E-state index contributed by atoms with van der Waals surface area (Å²) in [5, 5.41) is 3.51. The van der Waals surface area contributed by atoms with E-state index >= 15 is 0 Å². The second-order valence-electron chi connectivity index (χ2n) is 4.51. The summed E-state index contributed by atoms with van der Waals surface area (Å²) in [6.45, 7) is 4.59. The summed E-state index contributed by atoms with van der Waals surface area (Å²) in [4.78, 5) is 14.0. The number of aromatic nitrogens is 1. The highest BCUT2D eigenvalue weighted by Crippen LogP contribution is 2.23. The molecule has 4 heteroatoms. The highest BCUT2D eigenvalue weighted by atomic mass is 79.9. The normalized spacial score (nSPS) is 16.3. The fourth-order valence-corrected chi connectivity index (χ4v) is 2.65. The Morgan fingerprint density at radius 2 is 2.29 bits per heavy atom. The van der Waals surface area contributed by atoms with Crippen LogP contribution >= 0.6 is 15.9 Å². The lowest BCUT2D eigenvalue weighted by Gasteiger charge is -2.10. The van der Waals surface area contributed by atoms with Gasteiger partial charge in [-0.3, -0.25) is 4.79 Å². The quantitative estimate of drug-likeness (QED) is 0.820. The topological polar surface area (TPSA) is 44.9 Å². The van der Waals surface area contributed by atoms with Crippen molar-refractivity contribution in [3.05, 3.63) is 29.6 Å². The maximum Gasteiger partial charge on any atom is 0.166 e. The number of halogens is 1. The van der Waals surface area contributed by atoms with Gasteiger partial charge in [0.1, 0.15) is 0 Å². The molecule has 1 aromatic rings. The molecule has 3 nitrogen and oxygen atoms in total. The summed E-state index contributed by atoms with van der Waals surface area (Å²) in [6.07, 6.45) is 6.01. The molecule has 0 aliphatic heterocycles. The first-order chi connectivity index (χ1) is 8.20. The molecule has 0 radical (unpaired) electrons. The molecule has 17 heavy (non-hydrogen) atoms. The van der Waals surface area contributed by atoms with Gasteiger partial charge in [0, 0.05) is 28.3 Å². The minimum absolute atomic E-state index is 0.593. The maximum absolute atomic E-state index is 10.9. The zero-order valence-corrected chi connectivity index (χ0v) is 11.3. The summed E-state index contributed by atoms with van der Waals surface area (Å²) < 4.78 is 0.739. The molecule has 0 saturated heterocycles. The second kappa shape index (κ2) is 5.65. The van der Waals surface area contributed by atoms with Crippen molar-refractivity contribution >= 4 is 26.7 Å². The van der Waals surface area contributed by atoms with Crippen LogP contribution in [0.5, 0.6) is 0 Å². The van der Waals surface area contributed by atoms with Crippen LogP contribution in [-0.4, -0.2) is 17.3 Å². The van der Waals surface area contributed by atoms with E-state index in [4.69, 9.17) is 0 Å². The van der Waals surface area contributed by atoms with Crippen molar-refractivity contribution in [1.29, 1.82) is 0 Å². The summed E-state index contributed by atoms with van der Waals surface area (Å²) in [5.41, 5.74) is 2.48. The first-order valence-corrected chi connectivity index (χ1v) is 6.75. The van der Waals surface area contributed by atoms with Gasteiger partial charge in [-0.05, 0) is 18.9 Å². The third kappa shape index (κ3) is 3.07. The lowest BCUT2D eigenvalue weighted by molar-refractivity contribution is 0.111. The number of carbonyl (C=O) groups is 1. The zero-order chi connectivity index (χ0) is 12.3. The van der Waals surface area contributed by atoms with E-state index < -0.39 is 0 Å². The van der Waals surface area contributed by atoms with Crippen LogP contribution in [0.1, 0.15) is 47.4 Å². The average molecular weight is 297 g/mol. The Kier molecular flexibility index (Phi) is 4.18. The van der Waals surface area contributed by atoms with Crippen molar-refractivity contribution in [3.63, 3.8) is 0 Å². The molecule has 2 N–H and O–H groups in total. The number of aldehydes is 1. The van der Waals surface area contributed by atoms with Crippen molar-refractivity contribution < 1.29 is 4.79 Å². The molecular formula is C13H17BrN2O. The highest BCUT2D eigenvalue weighted by Gasteiger charge is 2.15. The molecule has 0 bridgehead atoms. The lowest BCUT2D eigenvalue weighted by Crippen LogP contribution is -2.25. The Morgan fingerprint density at radius 1 is 1.59 bits per heavy atom. The van der Waals surface area contributed by atoms with Gasteiger partial charge in [-0.25, -0.2) is 0 Å². The molecule has 0 aromatic carbocycles. The first-order valence-electron chi connectivity index (χ1n) is 5.96. The van der Waals surface area contributed by atoms with Crippen LogP contribution in [0.3, 0.4) is 0 Å². The fraction of sp³-hybridized carbons (Fsp3) is 0.462. The first kappa shape index (κ1) is 12.6. The smallest absolute Gasteiger partial charge is 0.166 e. The summed E-state index contributed by atoms with van der Waals surface area (Å²) in [5.74, 6) is 0. The van der Waals surface area contributed by atoms with Crippen LogP contribution in [0, 0.1) is 0 Å². The van der Waals surface area contributed by atoms with Gasteiger partial charge in [-0.15, -0.1) is 0 Å². The third-order valence-electron chi connectivity index (χ3n) is 3.25. The molecule has 0 spiro atoms. The van der Waals surface area contributed by atoms with E-state index in [1.165, 1.54) is 25.7 Å². The SMILES string of the molecule is C=C(Br)c1cc(CNC2CCCC2)[nH]c1C=O. The van der Waals surface area contributed by atoms with Crippen LogP contribution in [-0.2, 0) is 6.54 Å². The molecule has 1 aromatic heterocycles. The number of rotatable bonds is 5. The largest absolute Gasteiger partial charge is 0.355 e. The number of nitrogens with one attached hydrogen (secondary N) is 2. The highest BCUT2D eigenvalue weighted by molar-refractivity contribution is 9.15. The molecular weight excluding hydrogens is 280 g/mol. The van der Waals surface area contributed by atoms with E-state index in [2.05, 4.69) is 32.8 Å². The minimum Gasteiger partial charge on any atom is -0.355 e. The number of carbonyl (C=O) groups excluding carboxylic acids is 1. The third-order valence-corrected chi connectivity index (χ3v) is 3.68. The Morgan fingerprint density at radius 3 is 2.82 bits per heavy atom. The molecule has 0 unspecified atom stereocenters. The van der Waals surface area contributed by atoms with E-state index in [0.717, 1.165) is 28.6 Å². The monoisotopic (exact) mass is 296 g/mol. The van der Waals surface area contributed by atoms with E-state index in [9.17, 15) is 4.79 Å². The van der Waals surface area contributed by atoms with Gasteiger partial charge in [0.05, 0.1) is 5.69 Å². The summed E-state index contributed by atoms with van der Waals surface area (Å²) >= 11 is 3.31. The van der Waals surface area contributed by atoms with E-state index in [0.29, 0.717) is 11.7 Å². The van der Waals surface area contributed by atoms with Crippen LogP contribution in [0.2, 0.25) is 0 Å². The average Bonchev–Trinajstić information content (AvgIpc) is 2.95. The number of hydrogen-bond acceptors (Lipinski definition) is 2. The molecule has 2 rings (SSSR count). The van der Waals surface area contributed by atoms with E-state index in [-0.39, 0.29) is 0 Å². The van der Waals surface area contributed by atoms with Crippen molar-refractivity contribution in [1.82, 2.24) is 10.3 Å². The molecule has 1 saturated carbocycles. The second-order valence-corrected chi connectivity index (χ2v) is 5.46. The maximum atomic E-state index is 10.9. The van der Waals surface area contributed by atoms with Crippen molar-refractivity contribution in [3.8, 4) is 0 Å².